The van der Waals surface area contributed by atoms with E-state index >= 15 is 0 Å². The zero-order valence-electron chi connectivity index (χ0n) is 15.1. The van der Waals surface area contributed by atoms with Gasteiger partial charge in [-0.25, -0.2) is 0 Å². The molecule has 1 N–H and O–H groups in total. The average Bonchev–Trinajstić information content (AvgIpc) is 3.20. The fraction of sp³-hybridized carbons (Fsp3) is 0.350. The van der Waals surface area contributed by atoms with Crippen LogP contribution in [0.5, 0.6) is 5.75 Å². The van der Waals surface area contributed by atoms with Crippen LogP contribution in [0, 0.1) is 5.92 Å². The molecule has 1 aliphatic rings. The Morgan fingerprint density at radius 3 is 2.63 bits per heavy atom. The number of carbonyl (C=O) groups is 3. The Labute approximate surface area is 157 Å². The van der Waals surface area contributed by atoms with E-state index in [2.05, 4.69) is 5.32 Å². The van der Waals surface area contributed by atoms with E-state index in [1.165, 1.54) is 13.2 Å². The van der Waals surface area contributed by atoms with Crippen molar-refractivity contribution in [2.75, 3.05) is 19.6 Å². The minimum atomic E-state index is -0.419. The summed E-state index contributed by atoms with van der Waals surface area (Å²) in [4.78, 5) is 37.4. The molecular formula is C20H22N2O5. The summed E-state index contributed by atoms with van der Waals surface area (Å²) >= 11 is 0. The number of rotatable bonds is 5. The molecule has 0 bridgehead atoms. The summed E-state index contributed by atoms with van der Waals surface area (Å²) in [6.07, 6.45) is 3.09. The van der Waals surface area contributed by atoms with Gasteiger partial charge in [0.05, 0.1) is 6.26 Å². The van der Waals surface area contributed by atoms with E-state index in [0.717, 1.165) is 12.8 Å². The molecule has 7 heteroatoms. The van der Waals surface area contributed by atoms with E-state index < -0.39 is 5.97 Å². The van der Waals surface area contributed by atoms with Gasteiger partial charge in [0.25, 0.3) is 11.8 Å². The molecule has 27 heavy (non-hydrogen) atoms. The van der Waals surface area contributed by atoms with Crippen LogP contribution in [0.15, 0.2) is 47.1 Å². The van der Waals surface area contributed by atoms with Crippen molar-refractivity contribution in [3.8, 4) is 5.75 Å². The molecule has 1 saturated heterocycles. The van der Waals surface area contributed by atoms with Crippen LogP contribution in [-0.4, -0.2) is 42.3 Å². The predicted molar refractivity (Wildman–Crippen MR) is 97.4 cm³/mol. The van der Waals surface area contributed by atoms with Gasteiger partial charge in [-0.2, -0.15) is 0 Å². The first kappa shape index (κ1) is 18.7. The van der Waals surface area contributed by atoms with Crippen molar-refractivity contribution < 1.29 is 23.5 Å². The molecule has 0 aliphatic carbocycles. The standard InChI is InChI=1S/C20H22N2O5/c1-14(23)27-17-5-2-4-16(12-17)20(25)22-9-7-15(8-10-22)13-21-19(24)18-6-3-11-26-18/h2-6,11-12,15H,7-10,13H2,1H3,(H,21,24). The highest BCUT2D eigenvalue weighted by Gasteiger charge is 2.24. The van der Waals surface area contributed by atoms with Gasteiger partial charge in [-0.15, -0.1) is 0 Å². The number of hydrogen-bond acceptors (Lipinski definition) is 5. The predicted octanol–water partition coefficient (Wildman–Crippen LogP) is 2.49. The Morgan fingerprint density at radius 1 is 1.19 bits per heavy atom. The van der Waals surface area contributed by atoms with Crippen LogP contribution < -0.4 is 10.1 Å². The number of nitrogens with one attached hydrogen (secondary N) is 1. The summed E-state index contributed by atoms with van der Waals surface area (Å²) in [6, 6.07) is 9.94. The molecule has 142 valence electrons. The molecular weight excluding hydrogens is 348 g/mol. The number of benzene rings is 1. The quantitative estimate of drug-likeness (QED) is 0.645. The van der Waals surface area contributed by atoms with Crippen LogP contribution in [0.4, 0.5) is 0 Å². The summed E-state index contributed by atoms with van der Waals surface area (Å²) in [5.74, 6) is 0.263. The largest absolute Gasteiger partial charge is 0.459 e. The zero-order valence-corrected chi connectivity index (χ0v) is 15.1. The highest BCUT2D eigenvalue weighted by atomic mass is 16.5. The van der Waals surface area contributed by atoms with Crippen LogP contribution in [-0.2, 0) is 4.79 Å². The van der Waals surface area contributed by atoms with Crippen LogP contribution in [0.1, 0.15) is 40.7 Å². The van der Waals surface area contributed by atoms with E-state index in [9.17, 15) is 14.4 Å². The molecule has 2 amide bonds. The lowest BCUT2D eigenvalue weighted by molar-refractivity contribution is -0.131. The van der Waals surface area contributed by atoms with Gasteiger partial charge in [0.2, 0.25) is 0 Å². The Kier molecular flexibility index (Phi) is 5.90. The number of carbonyl (C=O) groups excluding carboxylic acids is 3. The van der Waals surface area contributed by atoms with Gasteiger partial charge in [-0.1, -0.05) is 6.07 Å². The molecule has 0 spiro atoms. The van der Waals surface area contributed by atoms with E-state index in [1.807, 2.05) is 0 Å². The van der Waals surface area contributed by atoms with Crippen molar-refractivity contribution in [3.63, 3.8) is 0 Å². The third-order valence-corrected chi connectivity index (χ3v) is 4.54. The number of piperidine rings is 1. The minimum Gasteiger partial charge on any atom is -0.459 e. The van der Waals surface area contributed by atoms with Gasteiger partial charge in [-0.3, -0.25) is 14.4 Å². The van der Waals surface area contributed by atoms with Crippen molar-refractivity contribution in [1.82, 2.24) is 10.2 Å². The molecule has 1 fully saturated rings. The minimum absolute atomic E-state index is 0.0814. The van der Waals surface area contributed by atoms with Crippen molar-refractivity contribution in [2.24, 2.45) is 5.92 Å². The number of nitrogens with zero attached hydrogens (tertiary/aromatic N) is 1. The number of hydrogen-bond donors (Lipinski definition) is 1. The number of furan rings is 1. The second kappa shape index (κ2) is 8.53. The van der Waals surface area contributed by atoms with Gasteiger partial charge in [0.1, 0.15) is 5.75 Å². The number of esters is 1. The smallest absolute Gasteiger partial charge is 0.308 e. The third-order valence-electron chi connectivity index (χ3n) is 4.54. The lowest BCUT2D eigenvalue weighted by atomic mass is 9.96. The van der Waals surface area contributed by atoms with E-state index in [0.29, 0.717) is 42.6 Å². The number of likely N-dealkylation sites (tertiary alicyclic amines) is 1. The molecule has 0 atom stereocenters. The average molecular weight is 370 g/mol. The number of ether oxygens (including phenoxy) is 1. The Morgan fingerprint density at radius 2 is 1.96 bits per heavy atom. The van der Waals surface area contributed by atoms with E-state index in [1.54, 1.807) is 41.3 Å². The molecule has 2 heterocycles. The molecule has 2 aromatic rings. The first-order valence-electron chi connectivity index (χ1n) is 8.92. The zero-order chi connectivity index (χ0) is 19.2. The summed E-state index contributed by atoms with van der Waals surface area (Å²) in [7, 11) is 0. The van der Waals surface area contributed by atoms with Gasteiger partial charge >= 0.3 is 5.97 Å². The van der Waals surface area contributed by atoms with Crippen molar-refractivity contribution in [3.05, 3.63) is 54.0 Å². The molecule has 1 aromatic carbocycles. The van der Waals surface area contributed by atoms with Crippen LogP contribution in [0.25, 0.3) is 0 Å². The molecule has 3 rings (SSSR count). The first-order chi connectivity index (χ1) is 13.0. The van der Waals surface area contributed by atoms with Crippen LogP contribution >= 0.6 is 0 Å². The molecule has 0 radical (unpaired) electrons. The lowest BCUT2D eigenvalue weighted by Crippen LogP contribution is -2.41. The summed E-state index contributed by atoms with van der Waals surface area (Å²) in [5.41, 5.74) is 0.498. The summed E-state index contributed by atoms with van der Waals surface area (Å²) < 4.78 is 10.1. The molecule has 0 saturated carbocycles. The summed E-state index contributed by atoms with van der Waals surface area (Å²) in [6.45, 7) is 3.13. The van der Waals surface area contributed by atoms with Crippen molar-refractivity contribution >= 4 is 17.8 Å². The van der Waals surface area contributed by atoms with Gasteiger partial charge in [-0.05, 0) is 49.1 Å². The van der Waals surface area contributed by atoms with Crippen molar-refractivity contribution in [2.45, 2.75) is 19.8 Å². The Balaban J connectivity index is 1.49. The highest BCUT2D eigenvalue weighted by Crippen LogP contribution is 2.21. The monoisotopic (exact) mass is 370 g/mol. The second-order valence-corrected chi connectivity index (χ2v) is 6.54. The normalized spacial score (nSPS) is 14.6. The third kappa shape index (κ3) is 4.97. The van der Waals surface area contributed by atoms with Crippen molar-refractivity contribution in [1.29, 1.82) is 0 Å². The topological polar surface area (TPSA) is 88.9 Å². The Bertz CT molecular complexity index is 808. The second-order valence-electron chi connectivity index (χ2n) is 6.54. The van der Waals surface area contributed by atoms with Gasteiger partial charge in [0.15, 0.2) is 5.76 Å². The number of amides is 2. The Hall–Kier alpha value is -3.09. The van der Waals surface area contributed by atoms with E-state index in [-0.39, 0.29) is 11.8 Å². The SMILES string of the molecule is CC(=O)Oc1cccc(C(=O)N2CCC(CNC(=O)c3ccco3)CC2)c1. The van der Waals surface area contributed by atoms with Crippen LogP contribution in [0.3, 0.4) is 0 Å². The first-order valence-corrected chi connectivity index (χ1v) is 8.92. The lowest BCUT2D eigenvalue weighted by Gasteiger charge is -2.32. The summed E-state index contributed by atoms with van der Waals surface area (Å²) in [5, 5.41) is 2.87. The molecule has 1 aliphatic heterocycles. The highest BCUT2D eigenvalue weighted by molar-refractivity contribution is 5.95. The van der Waals surface area contributed by atoms with Crippen LogP contribution in [0.2, 0.25) is 0 Å². The molecule has 7 nitrogen and oxygen atoms in total. The molecule has 1 aromatic heterocycles. The fourth-order valence-corrected chi connectivity index (χ4v) is 3.11. The molecule has 0 unspecified atom stereocenters. The maximum Gasteiger partial charge on any atom is 0.308 e. The fourth-order valence-electron chi connectivity index (χ4n) is 3.11. The van der Waals surface area contributed by atoms with E-state index in [4.69, 9.17) is 9.15 Å². The maximum atomic E-state index is 12.7. The van der Waals surface area contributed by atoms with Gasteiger partial charge < -0.3 is 19.4 Å². The van der Waals surface area contributed by atoms with Gasteiger partial charge in [0, 0.05) is 32.1 Å². The maximum absolute atomic E-state index is 12.7.